The molecule has 1 fully saturated rings. The third-order valence-electron chi connectivity index (χ3n) is 4.80. The van der Waals surface area contributed by atoms with E-state index in [0.717, 1.165) is 40.8 Å². The highest BCUT2D eigenvalue weighted by atomic mass is 19.1. The van der Waals surface area contributed by atoms with Gasteiger partial charge < -0.3 is 15.0 Å². The lowest BCUT2D eigenvalue weighted by molar-refractivity contribution is 0.276. The van der Waals surface area contributed by atoms with E-state index in [0.29, 0.717) is 17.2 Å². The van der Waals surface area contributed by atoms with Gasteiger partial charge in [0.2, 0.25) is 0 Å². The SMILES string of the molecule is Cc1c(N(c2ccc(CO)c(F)c2)C2CC2)[nH]c2cc(C#N)ccc12. The third-order valence-corrected chi connectivity index (χ3v) is 4.80. The molecule has 1 aliphatic rings. The molecule has 4 rings (SSSR count). The molecule has 0 radical (unpaired) electrons. The molecule has 126 valence electrons. The molecule has 1 heterocycles. The molecule has 4 nitrogen and oxygen atoms in total. The van der Waals surface area contributed by atoms with E-state index in [4.69, 9.17) is 5.26 Å². The largest absolute Gasteiger partial charge is 0.392 e. The second-order valence-corrected chi connectivity index (χ2v) is 6.51. The van der Waals surface area contributed by atoms with Crippen molar-refractivity contribution in [2.45, 2.75) is 32.4 Å². The Bertz CT molecular complexity index is 998. The molecule has 0 atom stereocenters. The van der Waals surface area contributed by atoms with Crippen molar-refractivity contribution in [1.82, 2.24) is 4.98 Å². The molecule has 0 spiro atoms. The van der Waals surface area contributed by atoms with Crippen LogP contribution in [0.3, 0.4) is 0 Å². The van der Waals surface area contributed by atoms with Gasteiger partial charge in [0.1, 0.15) is 11.6 Å². The minimum Gasteiger partial charge on any atom is -0.392 e. The van der Waals surface area contributed by atoms with E-state index in [9.17, 15) is 9.50 Å². The van der Waals surface area contributed by atoms with Crippen LogP contribution < -0.4 is 4.90 Å². The number of hydrogen-bond acceptors (Lipinski definition) is 3. The Hall–Kier alpha value is -2.84. The topological polar surface area (TPSA) is 63.0 Å². The number of aliphatic hydroxyl groups is 1. The Morgan fingerprint density at radius 1 is 1.28 bits per heavy atom. The number of nitrogens with one attached hydrogen (secondary N) is 1. The van der Waals surface area contributed by atoms with Crippen molar-refractivity contribution in [3.8, 4) is 6.07 Å². The van der Waals surface area contributed by atoms with Gasteiger partial charge in [-0.25, -0.2) is 4.39 Å². The molecular formula is C20H18FN3O. The standard InChI is InChI=1S/C20H18FN3O/c1-12-17-7-2-13(10-22)8-19(17)23-20(12)24(15-5-6-15)16-4-3-14(11-25)18(21)9-16/h2-4,7-9,15,23,25H,5-6,11H2,1H3. The number of fused-ring (bicyclic) bond motifs is 1. The van der Waals surface area contributed by atoms with Gasteiger partial charge in [-0.1, -0.05) is 12.1 Å². The van der Waals surface area contributed by atoms with Crippen LogP contribution in [0.15, 0.2) is 36.4 Å². The number of halogens is 1. The van der Waals surface area contributed by atoms with Crippen LogP contribution >= 0.6 is 0 Å². The highest BCUT2D eigenvalue weighted by molar-refractivity contribution is 5.91. The van der Waals surface area contributed by atoms with Gasteiger partial charge in [-0.15, -0.1) is 0 Å². The maximum absolute atomic E-state index is 14.2. The van der Waals surface area contributed by atoms with Gasteiger partial charge in [0.25, 0.3) is 0 Å². The fourth-order valence-electron chi connectivity index (χ4n) is 3.30. The normalized spacial score (nSPS) is 13.8. The second-order valence-electron chi connectivity index (χ2n) is 6.51. The number of aryl methyl sites for hydroxylation is 1. The van der Waals surface area contributed by atoms with Gasteiger partial charge in [-0.2, -0.15) is 5.26 Å². The molecule has 0 unspecified atom stereocenters. The highest BCUT2D eigenvalue weighted by Gasteiger charge is 2.33. The monoisotopic (exact) mass is 335 g/mol. The van der Waals surface area contributed by atoms with E-state index in [-0.39, 0.29) is 6.61 Å². The summed E-state index contributed by atoms with van der Waals surface area (Å²) in [6, 6.07) is 13.0. The molecular weight excluding hydrogens is 317 g/mol. The Balaban J connectivity index is 1.84. The van der Waals surface area contributed by atoms with E-state index in [1.807, 2.05) is 31.2 Å². The smallest absolute Gasteiger partial charge is 0.130 e. The lowest BCUT2D eigenvalue weighted by Gasteiger charge is -2.24. The molecule has 2 N–H and O–H groups in total. The van der Waals surface area contributed by atoms with E-state index >= 15 is 0 Å². The summed E-state index contributed by atoms with van der Waals surface area (Å²) in [5, 5.41) is 19.4. The van der Waals surface area contributed by atoms with Gasteiger partial charge in [-0.05, 0) is 49.6 Å². The van der Waals surface area contributed by atoms with Crippen LogP contribution in [0, 0.1) is 24.1 Å². The maximum Gasteiger partial charge on any atom is 0.130 e. The van der Waals surface area contributed by atoms with Gasteiger partial charge >= 0.3 is 0 Å². The number of anilines is 2. The first-order valence-corrected chi connectivity index (χ1v) is 8.33. The molecule has 5 heteroatoms. The zero-order valence-electron chi connectivity index (χ0n) is 13.9. The number of aromatic amines is 1. The van der Waals surface area contributed by atoms with Crippen LogP contribution in [-0.2, 0) is 6.61 Å². The number of rotatable bonds is 4. The summed E-state index contributed by atoms with van der Waals surface area (Å²) >= 11 is 0. The summed E-state index contributed by atoms with van der Waals surface area (Å²) in [6.45, 7) is 1.73. The molecule has 25 heavy (non-hydrogen) atoms. The fraction of sp³-hybridized carbons (Fsp3) is 0.250. The summed E-state index contributed by atoms with van der Waals surface area (Å²) in [4.78, 5) is 5.54. The van der Waals surface area contributed by atoms with Crippen molar-refractivity contribution in [2.75, 3.05) is 4.90 Å². The molecule has 2 aromatic carbocycles. The Morgan fingerprint density at radius 2 is 2.08 bits per heavy atom. The number of hydrogen-bond donors (Lipinski definition) is 2. The number of nitrogens with zero attached hydrogens (tertiary/aromatic N) is 2. The van der Waals surface area contributed by atoms with Crippen LogP contribution in [0.1, 0.15) is 29.5 Å². The molecule has 0 amide bonds. The summed E-state index contributed by atoms with van der Waals surface area (Å²) in [5.41, 5.74) is 3.66. The van der Waals surface area contributed by atoms with E-state index in [2.05, 4.69) is 16.0 Å². The van der Waals surface area contributed by atoms with Crippen molar-refractivity contribution in [3.05, 3.63) is 58.9 Å². The number of aromatic nitrogens is 1. The number of aliphatic hydroxyl groups excluding tert-OH is 1. The molecule has 1 aliphatic carbocycles. The first kappa shape index (κ1) is 15.7. The van der Waals surface area contributed by atoms with E-state index in [1.165, 1.54) is 6.07 Å². The molecule has 0 bridgehead atoms. The Kier molecular flexibility index (Phi) is 3.70. The van der Waals surface area contributed by atoms with Gasteiger partial charge in [0, 0.05) is 28.2 Å². The van der Waals surface area contributed by atoms with Crippen LogP contribution in [0.5, 0.6) is 0 Å². The highest BCUT2D eigenvalue weighted by Crippen LogP contribution is 2.41. The minimum atomic E-state index is -0.397. The van der Waals surface area contributed by atoms with Crippen LogP contribution in [0.4, 0.5) is 15.9 Å². The van der Waals surface area contributed by atoms with Gasteiger partial charge in [0.05, 0.1) is 18.2 Å². The van der Waals surface area contributed by atoms with Gasteiger partial charge in [-0.3, -0.25) is 0 Å². The van der Waals surface area contributed by atoms with Crippen molar-refractivity contribution in [3.63, 3.8) is 0 Å². The second kappa shape index (κ2) is 5.91. The van der Waals surface area contributed by atoms with E-state index < -0.39 is 5.82 Å². The van der Waals surface area contributed by atoms with Crippen LogP contribution in [-0.4, -0.2) is 16.1 Å². The first-order chi connectivity index (χ1) is 12.1. The van der Waals surface area contributed by atoms with Crippen molar-refractivity contribution in [1.29, 1.82) is 5.26 Å². The number of benzene rings is 2. The van der Waals surface area contributed by atoms with Crippen molar-refractivity contribution < 1.29 is 9.50 Å². The molecule has 0 saturated heterocycles. The average molecular weight is 335 g/mol. The number of nitriles is 1. The number of H-pyrrole nitrogens is 1. The van der Waals surface area contributed by atoms with Gasteiger partial charge in [0.15, 0.2) is 0 Å². The molecule has 1 saturated carbocycles. The fourth-order valence-corrected chi connectivity index (χ4v) is 3.30. The quantitative estimate of drug-likeness (QED) is 0.748. The zero-order chi connectivity index (χ0) is 17.6. The Morgan fingerprint density at radius 3 is 2.72 bits per heavy atom. The predicted octanol–water partition coefficient (Wildman–Crippen LogP) is 4.28. The van der Waals surface area contributed by atoms with Crippen molar-refractivity contribution >= 4 is 22.4 Å². The van der Waals surface area contributed by atoms with Crippen molar-refractivity contribution in [2.24, 2.45) is 0 Å². The van der Waals surface area contributed by atoms with E-state index in [1.54, 1.807) is 6.07 Å². The molecule has 0 aliphatic heterocycles. The third kappa shape index (κ3) is 2.65. The Labute approximate surface area is 145 Å². The summed E-state index contributed by atoms with van der Waals surface area (Å²) < 4.78 is 14.2. The summed E-state index contributed by atoms with van der Waals surface area (Å²) in [7, 11) is 0. The lowest BCUT2D eigenvalue weighted by Crippen LogP contribution is -2.21. The average Bonchev–Trinajstić information content (AvgIpc) is 3.40. The molecule has 3 aromatic rings. The summed E-state index contributed by atoms with van der Waals surface area (Å²) in [5.74, 6) is 0.537. The first-order valence-electron chi connectivity index (χ1n) is 8.33. The van der Waals surface area contributed by atoms with Crippen LogP contribution in [0.25, 0.3) is 10.9 Å². The minimum absolute atomic E-state index is 0.298. The molecule has 1 aromatic heterocycles. The predicted molar refractivity (Wildman–Crippen MR) is 95.2 cm³/mol. The zero-order valence-corrected chi connectivity index (χ0v) is 13.9. The summed E-state index contributed by atoms with van der Waals surface area (Å²) in [6.07, 6.45) is 2.11. The maximum atomic E-state index is 14.2. The van der Waals surface area contributed by atoms with Crippen LogP contribution in [0.2, 0.25) is 0 Å². The lowest BCUT2D eigenvalue weighted by atomic mass is 10.1.